The van der Waals surface area contributed by atoms with Crippen LogP contribution in [0.2, 0.25) is 0 Å². The standard InChI is InChI=1S/C6H8N2/c1-6(2,5-8)3-4-7/h7H2,1-2H3. The molecule has 8 heavy (non-hydrogen) atoms. The number of nitriles is 1. The molecule has 0 saturated heterocycles. The van der Waals surface area contributed by atoms with Crippen LogP contribution in [-0.2, 0) is 0 Å². The summed E-state index contributed by atoms with van der Waals surface area (Å²) in [6.45, 7) is 3.43. The molecule has 0 amide bonds. The average molecular weight is 108 g/mol. The van der Waals surface area contributed by atoms with Crippen molar-refractivity contribution < 1.29 is 0 Å². The third-order valence-corrected chi connectivity index (χ3v) is 0.664. The molecule has 0 rings (SSSR count). The van der Waals surface area contributed by atoms with Crippen molar-refractivity contribution in [1.29, 1.82) is 5.26 Å². The third-order valence-electron chi connectivity index (χ3n) is 0.664. The van der Waals surface area contributed by atoms with Gasteiger partial charge in [-0.15, -0.1) is 0 Å². The molecular weight excluding hydrogens is 100 g/mol. The first-order valence-electron chi connectivity index (χ1n) is 2.26. The van der Waals surface area contributed by atoms with Gasteiger partial charge in [-0.25, -0.2) is 0 Å². The van der Waals surface area contributed by atoms with Gasteiger partial charge in [-0.05, 0) is 13.8 Å². The van der Waals surface area contributed by atoms with Crippen LogP contribution in [0.5, 0.6) is 0 Å². The smallest absolute Gasteiger partial charge is 0.114 e. The van der Waals surface area contributed by atoms with Gasteiger partial charge in [-0.2, -0.15) is 5.26 Å². The van der Waals surface area contributed by atoms with Crippen molar-refractivity contribution in [3.05, 3.63) is 0 Å². The summed E-state index contributed by atoms with van der Waals surface area (Å²) in [6, 6.07) is 4.18. The Kier molecular flexibility index (Phi) is 1.91. The van der Waals surface area contributed by atoms with Crippen molar-refractivity contribution in [2.75, 3.05) is 0 Å². The first-order chi connectivity index (χ1) is 3.62. The molecule has 2 nitrogen and oxygen atoms in total. The lowest BCUT2D eigenvalue weighted by atomic mass is 9.98. The Bertz CT molecular complexity index is 163. The second kappa shape index (κ2) is 2.23. The summed E-state index contributed by atoms with van der Waals surface area (Å²) in [4.78, 5) is 0. The molecule has 0 atom stereocenters. The highest BCUT2D eigenvalue weighted by Gasteiger charge is 2.10. The molecule has 0 saturated carbocycles. The summed E-state index contributed by atoms with van der Waals surface area (Å²) in [5, 5.41) is 8.32. The van der Waals surface area contributed by atoms with Gasteiger partial charge in [0, 0.05) is 6.04 Å². The highest BCUT2D eigenvalue weighted by Crippen LogP contribution is 2.08. The number of hydrogen-bond donors (Lipinski definition) is 1. The molecule has 0 fully saturated rings. The molecule has 0 bridgehead atoms. The summed E-state index contributed by atoms with van der Waals surface area (Å²) in [5.74, 6) is 2.54. The first kappa shape index (κ1) is 6.85. The van der Waals surface area contributed by atoms with Crippen LogP contribution in [0, 0.1) is 28.7 Å². The van der Waals surface area contributed by atoms with E-state index in [0.717, 1.165) is 0 Å². The van der Waals surface area contributed by atoms with Crippen LogP contribution in [0.3, 0.4) is 0 Å². The van der Waals surface area contributed by atoms with Gasteiger partial charge in [-0.1, -0.05) is 5.92 Å². The fraction of sp³-hybridized carbons (Fsp3) is 0.500. The average Bonchev–Trinajstić information content (AvgIpc) is 1.67. The molecule has 0 spiro atoms. The summed E-state index contributed by atoms with van der Waals surface area (Å²) in [5.41, 5.74) is 4.29. The Hall–Kier alpha value is -1.15. The molecule has 0 aromatic heterocycles. The highest BCUT2D eigenvalue weighted by molar-refractivity contribution is 5.16. The van der Waals surface area contributed by atoms with E-state index >= 15 is 0 Å². The summed E-state index contributed by atoms with van der Waals surface area (Å²) in [7, 11) is 0. The van der Waals surface area contributed by atoms with Crippen LogP contribution in [0.1, 0.15) is 13.8 Å². The topological polar surface area (TPSA) is 49.8 Å². The van der Waals surface area contributed by atoms with Crippen molar-refractivity contribution in [1.82, 2.24) is 0 Å². The molecule has 0 aliphatic carbocycles. The van der Waals surface area contributed by atoms with Crippen LogP contribution in [-0.4, -0.2) is 0 Å². The lowest BCUT2D eigenvalue weighted by Crippen LogP contribution is -2.03. The van der Waals surface area contributed by atoms with E-state index in [9.17, 15) is 0 Å². The molecule has 0 aliphatic rings. The van der Waals surface area contributed by atoms with Crippen molar-refractivity contribution in [2.45, 2.75) is 13.8 Å². The van der Waals surface area contributed by atoms with E-state index in [1.807, 2.05) is 6.07 Å². The van der Waals surface area contributed by atoms with Gasteiger partial charge >= 0.3 is 0 Å². The molecular formula is C6H8N2. The zero-order valence-electron chi connectivity index (χ0n) is 5.02. The first-order valence-corrected chi connectivity index (χ1v) is 2.26. The molecule has 0 aromatic carbocycles. The van der Waals surface area contributed by atoms with Crippen molar-refractivity contribution in [3.63, 3.8) is 0 Å². The van der Waals surface area contributed by atoms with E-state index in [-0.39, 0.29) is 0 Å². The van der Waals surface area contributed by atoms with Gasteiger partial charge in [0.25, 0.3) is 0 Å². The molecule has 2 heteroatoms. The monoisotopic (exact) mass is 108 g/mol. The van der Waals surface area contributed by atoms with Crippen molar-refractivity contribution in [2.24, 2.45) is 11.1 Å². The van der Waals surface area contributed by atoms with Gasteiger partial charge in [-0.3, -0.25) is 0 Å². The number of rotatable bonds is 0. The van der Waals surface area contributed by atoms with E-state index in [1.165, 1.54) is 0 Å². The lowest BCUT2D eigenvalue weighted by Gasteiger charge is -2.01. The van der Waals surface area contributed by atoms with Crippen LogP contribution in [0.15, 0.2) is 0 Å². The van der Waals surface area contributed by atoms with E-state index in [0.29, 0.717) is 0 Å². The maximum Gasteiger partial charge on any atom is 0.114 e. The normalized spacial score (nSPS) is 8.62. The summed E-state index contributed by atoms with van der Waals surface area (Å²) in [6.07, 6.45) is 0. The van der Waals surface area contributed by atoms with Crippen LogP contribution in [0.25, 0.3) is 0 Å². The van der Waals surface area contributed by atoms with E-state index in [1.54, 1.807) is 13.8 Å². The van der Waals surface area contributed by atoms with Gasteiger partial charge in [0.1, 0.15) is 5.41 Å². The minimum atomic E-state index is -0.589. The number of nitrogens with zero attached hydrogens (tertiary/aromatic N) is 1. The van der Waals surface area contributed by atoms with Crippen LogP contribution in [0.4, 0.5) is 0 Å². The minimum Gasteiger partial charge on any atom is -0.359 e. The predicted octanol–water partition coefficient (Wildman–Crippen LogP) is 0.456. The largest absolute Gasteiger partial charge is 0.359 e. The van der Waals surface area contributed by atoms with E-state index < -0.39 is 5.41 Å². The molecule has 0 aromatic rings. The van der Waals surface area contributed by atoms with Gasteiger partial charge in [0.2, 0.25) is 0 Å². The minimum absolute atomic E-state index is 0.589. The van der Waals surface area contributed by atoms with E-state index in [2.05, 4.69) is 12.0 Å². The second-order valence-electron chi connectivity index (χ2n) is 2.01. The maximum absolute atomic E-state index is 8.32. The van der Waals surface area contributed by atoms with Crippen molar-refractivity contribution in [3.8, 4) is 18.0 Å². The zero-order valence-corrected chi connectivity index (χ0v) is 5.02. The highest BCUT2D eigenvalue weighted by atomic mass is 14.5. The second-order valence-corrected chi connectivity index (χ2v) is 2.01. The third kappa shape index (κ3) is 2.10. The Balaban J connectivity index is 4.12. The Morgan fingerprint density at radius 1 is 1.50 bits per heavy atom. The van der Waals surface area contributed by atoms with Gasteiger partial charge < -0.3 is 5.73 Å². The fourth-order valence-electron chi connectivity index (χ4n) is 0.208. The Morgan fingerprint density at radius 2 is 2.00 bits per heavy atom. The Labute approximate surface area is 49.3 Å². The quantitative estimate of drug-likeness (QED) is 0.362. The summed E-state index contributed by atoms with van der Waals surface area (Å²) < 4.78 is 0. The Morgan fingerprint density at radius 3 is 2.12 bits per heavy atom. The molecule has 0 unspecified atom stereocenters. The number of nitrogens with two attached hydrogens (primary N) is 1. The molecule has 42 valence electrons. The molecule has 0 radical (unpaired) electrons. The molecule has 0 heterocycles. The summed E-state index contributed by atoms with van der Waals surface area (Å²) >= 11 is 0. The van der Waals surface area contributed by atoms with Gasteiger partial charge in [0.15, 0.2) is 0 Å². The fourth-order valence-corrected chi connectivity index (χ4v) is 0.208. The van der Waals surface area contributed by atoms with Crippen LogP contribution >= 0.6 is 0 Å². The lowest BCUT2D eigenvalue weighted by molar-refractivity contribution is 0.673. The zero-order chi connectivity index (χ0) is 6.62. The number of hydrogen-bond acceptors (Lipinski definition) is 2. The molecule has 2 N–H and O–H groups in total. The van der Waals surface area contributed by atoms with Crippen molar-refractivity contribution >= 4 is 0 Å². The van der Waals surface area contributed by atoms with E-state index in [4.69, 9.17) is 11.0 Å². The predicted molar refractivity (Wildman–Crippen MR) is 31.4 cm³/mol. The van der Waals surface area contributed by atoms with Crippen LogP contribution < -0.4 is 5.73 Å². The SMILES string of the molecule is CC(C)(C#N)C#CN. The molecule has 0 aliphatic heterocycles. The maximum atomic E-state index is 8.32. The van der Waals surface area contributed by atoms with Gasteiger partial charge in [0.05, 0.1) is 6.07 Å².